The first-order valence-corrected chi connectivity index (χ1v) is 5.88. The van der Waals surface area contributed by atoms with Gasteiger partial charge >= 0.3 is 0 Å². The number of hydrogen-bond donors (Lipinski definition) is 0. The molecule has 1 heterocycles. The number of nitrogens with zero attached hydrogens (tertiary/aromatic N) is 1. The highest BCUT2D eigenvalue weighted by molar-refractivity contribution is 6.13. The molecule has 1 aliphatic heterocycles. The molecule has 1 unspecified atom stereocenters. The van der Waals surface area contributed by atoms with Crippen molar-refractivity contribution in [3.05, 3.63) is 47.5 Å². The Labute approximate surface area is 99.7 Å². The van der Waals surface area contributed by atoms with Gasteiger partial charge in [0.2, 0.25) is 0 Å². The second kappa shape index (κ2) is 3.84. The highest BCUT2D eigenvalue weighted by Gasteiger charge is 2.33. The maximum Gasteiger partial charge on any atom is 0.253 e. The van der Waals surface area contributed by atoms with Gasteiger partial charge in [-0.25, -0.2) is 0 Å². The lowest BCUT2D eigenvalue weighted by Crippen LogP contribution is -2.43. The first kappa shape index (κ1) is 10.3. The average molecular weight is 227 g/mol. The molecule has 3 rings (SSSR count). The van der Waals surface area contributed by atoms with Crippen LogP contribution in [0.2, 0.25) is 0 Å². The lowest BCUT2D eigenvalue weighted by atomic mass is 9.87. The third-order valence-electron chi connectivity index (χ3n) is 3.53. The summed E-state index contributed by atoms with van der Waals surface area (Å²) >= 11 is 0. The molecule has 3 nitrogen and oxygen atoms in total. The van der Waals surface area contributed by atoms with E-state index >= 15 is 0 Å². The van der Waals surface area contributed by atoms with Gasteiger partial charge in [-0.2, -0.15) is 0 Å². The Morgan fingerprint density at radius 3 is 2.35 bits per heavy atom. The fourth-order valence-electron chi connectivity index (χ4n) is 2.67. The maximum absolute atomic E-state index is 11.6. The summed E-state index contributed by atoms with van der Waals surface area (Å²) in [5, 5.41) is 0. The summed E-state index contributed by atoms with van der Waals surface area (Å²) < 4.78 is 0. The van der Waals surface area contributed by atoms with E-state index in [0.29, 0.717) is 0 Å². The Balaban J connectivity index is 1.85. The SMILES string of the molecule is O=C1C=CC(=O)N1C1CCc2ccccc2C1. The van der Waals surface area contributed by atoms with Gasteiger partial charge in [-0.3, -0.25) is 14.5 Å². The van der Waals surface area contributed by atoms with E-state index in [4.69, 9.17) is 0 Å². The Morgan fingerprint density at radius 1 is 1.00 bits per heavy atom. The zero-order valence-electron chi connectivity index (χ0n) is 9.43. The van der Waals surface area contributed by atoms with Crippen molar-refractivity contribution < 1.29 is 9.59 Å². The van der Waals surface area contributed by atoms with Gasteiger partial charge in [-0.1, -0.05) is 24.3 Å². The molecule has 1 aromatic rings. The zero-order valence-corrected chi connectivity index (χ0v) is 9.43. The second-order valence-corrected chi connectivity index (χ2v) is 4.55. The minimum atomic E-state index is -0.167. The van der Waals surface area contributed by atoms with Crippen molar-refractivity contribution in [3.8, 4) is 0 Å². The first-order chi connectivity index (χ1) is 8.25. The van der Waals surface area contributed by atoms with Crippen LogP contribution in [0.4, 0.5) is 0 Å². The van der Waals surface area contributed by atoms with E-state index in [-0.39, 0.29) is 17.9 Å². The summed E-state index contributed by atoms with van der Waals surface area (Å²) in [6.45, 7) is 0. The molecular weight excluding hydrogens is 214 g/mol. The fraction of sp³-hybridized carbons (Fsp3) is 0.286. The van der Waals surface area contributed by atoms with Crippen LogP contribution in [0, 0.1) is 0 Å². The molecule has 0 bridgehead atoms. The van der Waals surface area contributed by atoms with Crippen molar-refractivity contribution in [1.82, 2.24) is 4.90 Å². The molecule has 0 N–H and O–H groups in total. The Morgan fingerprint density at radius 2 is 1.65 bits per heavy atom. The van der Waals surface area contributed by atoms with Gasteiger partial charge in [-0.15, -0.1) is 0 Å². The molecule has 2 amide bonds. The highest BCUT2D eigenvalue weighted by Crippen LogP contribution is 2.26. The predicted octanol–water partition coefficient (Wildman–Crippen LogP) is 1.47. The molecule has 1 aliphatic carbocycles. The Kier molecular flexibility index (Phi) is 2.32. The van der Waals surface area contributed by atoms with Crippen LogP contribution in [-0.4, -0.2) is 22.8 Å². The van der Waals surface area contributed by atoms with Crippen LogP contribution in [0.15, 0.2) is 36.4 Å². The molecule has 0 aromatic heterocycles. The van der Waals surface area contributed by atoms with Crippen LogP contribution in [0.25, 0.3) is 0 Å². The van der Waals surface area contributed by atoms with Crippen molar-refractivity contribution in [2.75, 3.05) is 0 Å². The number of carbonyl (C=O) groups is 2. The molecule has 0 saturated heterocycles. The van der Waals surface area contributed by atoms with Crippen LogP contribution in [0.5, 0.6) is 0 Å². The molecule has 0 fully saturated rings. The summed E-state index contributed by atoms with van der Waals surface area (Å²) in [5.41, 5.74) is 2.60. The molecule has 17 heavy (non-hydrogen) atoms. The number of rotatable bonds is 1. The van der Waals surface area contributed by atoms with Gasteiger partial charge in [0.15, 0.2) is 0 Å². The van der Waals surface area contributed by atoms with Crippen LogP contribution in [0.1, 0.15) is 17.5 Å². The van der Waals surface area contributed by atoms with E-state index < -0.39 is 0 Å². The quantitative estimate of drug-likeness (QED) is 0.681. The number of carbonyl (C=O) groups excluding carboxylic acids is 2. The van der Waals surface area contributed by atoms with Gasteiger partial charge in [0.05, 0.1) is 0 Å². The standard InChI is InChI=1S/C14H13NO2/c16-13-7-8-14(17)15(13)12-6-5-10-3-1-2-4-11(10)9-12/h1-4,7-8,12H,5-6,9H2. The Bertz CT molecular complexity index is 501. The average Bonchev–Trinajstić information content (AvgIpc) is 2.68. The van der Waals surface area contributed by atoms with E-state index in [1.165, 1.54) is 28.2 Å². The monoisotopic (exact) mass is 227 g/mol. The van der Waals surface area contributed by atoms with Crippen molar-refractivity contribution in [2.24, 2.45) is 0 Å². The van der Waals surface area contributed by atoms with Crippen LogP contribution in [0.3, 0.4) is 0 Å². The minimum absolute atomic E-state index is 0.0277. The van der Waals surface area contributed by atoms with Gasteiger partial charge in [0, 0.05) is 18.2 Å². The van der Waals surface area contributed by atoms with Crippen LogP contribution >= 0.6 is 0 Å². The third kappa shape index (κ3) is 1.68. The van der Waals surface area contributed by atoms with Gasteiger partial charge in [0.25, 0.3) is 11.8 Å². The molecular formula is C14H13NO2. The van der Waals surface area contributed by atoms with Crippen LogP contribution in [-0.2, 0) is 22.4 Å². The molecule has 0 spiro atoms. The van der Waals surface area contributed by atoms with Crippen LogP contribution < -0.4 is 0 Å². The molecule has 0 saturated carbocycles. The summed E-state index contributed by atoms with van der Waals surface area (Å²) in [5.74, 6) is -0.334. The summed E-state index contributed by atoms with van der Waals surface area (Å²) in [4.78, 5) is 24.6. The number of fused-ring (bicyclic) bond motifs is 1. The van der Waals surface area contributed by atoms with Crippen molar-refractivity contribution >= 4 is 11.8 Å². The van der Waals surface area contributed by atoms with Crippen molar-refractivity contribution in [1.29, 1.82) is 0 Å². The number of amides is 2. The van der Waals surface area contributed by atoms with E-state index in [2.05, 4.69) is 12.1 Å². The van der Waals surface area contributed by atoms with E-state index in [1.54, 1.807) is 0 Å². The number of hydrogen-bond acceptors (Lipinski definition) is 2. The van der Waals surface area contributed by atoms with Crippen molar-refractivity contribution in [2.45, 2.75) is 25.3 Å². The molecule has 1 aromatic carbocycles. The molecule has 3 heteroatoms. The molecule has 1 atom stereocenters. The molecule has 2 aliphatic rings. The number of imide groups is 1. The summed E-state index contributed by atoms with van der Waals surface area (Å²) in [7, 11) is 0. The van der Waals surface area contributed by atoms with E-state index in [9.17, 15) is 9.59 Å². The first-order valence-electron chi connectivity index (χ1n) is 5.88. The summed E-state index contributed by atoms with van der Waals surface area (Å²) in [6, 6.07) is 8.28. The normalized spacial score (nSPS) is 23.1. The maximum atomic E-state index is 11.6. The van der Waals surface area contributed by atoms with Gasteiger partial charge in [0.1, 0.15) is 0 Å². The second-order valence-electron chi connectivity index (χ2n) is 4.55. The Hall–Kier alpha value is -1.90. The zero-order chi connectivity index (χ0) is 11.8. The van der Waals surface area contributed by atoms with Gasteiger partial charge < -0.3 is 0 Å². The van der Waals surface area contributed by atoms with Gasteiger partial charge in [-0.05, 0) is 30.4 Å². The smallest absolute Gasteiger partial charge is 0.253 e. The topological polar surface area (TPSA) is 37.4 Å². The van der Waals surface area contributed by atoms with E-state index in [0.717, 1.165) is 19.3 Å². The molecule has 86 valence electrons. The number of benzene rings is 1. The lowest BCUT2D eigenvalue weighted by molar-refractivity contribution is -0.139. The largest absolute Gasteiger partial charge is 0.272 e. The lowest BCUT2D eigenvalue weighted by Gasteiger charge is -2.30. The summed E-state index contributed by atoms with van der Waals surface area (Å²) in [6.07, 6.45) is 5.33. The third-order valence-corrected chi connectivity index (χ3v) is 3.53. The predicted molar refractivity (Wildman–Crippen MR) is 63.2 cm³/mol. The van der Waals surface area contributed by atoms with Crippen molar-refractivity contribution in [3.63, 3.8) is 0 Å². The highest BCUT2D eigenvalue weighted by atomic mass is 16.2. The number of aryl methyl sites for hydroxylation is 1. The minimum Gasteiger partial charge on any atom is -0.272 e. The van der Waals surface area contributed by atoms with E-state index in [1.807, 2.05) is 12.1 Å². The molecule has 0 radical (unpaired) electrons. The fourth-order valence-corrected chi connectivity index (χ4v) is 2.67.